The summed E-state index contributed by atoms with van der Waals surface area (Å²) in [6.07, 6.45) is 0.608. The highest BCUT2D eigenvalue weighted by Crippen LogP contribution is 2.29. The first kappa shape index (κ1) is 24.6. The number of halogens is 1. The highest BCUT2D eigenvalue weighted by Gasteiger charge is 2.28. The number of nitrogens with one attached hydrogen (secondary N) is 1. The average Bonchev–Trinajstić information content (AvgIpc) is 2.80. The maximum atomic E-state index is 13.5. The van der Waals surface area contributed by atoms with Crippen molar-refractivity contribution in [2.24, 2.45) is 0 Å². The first-order valence-electron chi connectivity index (χ1n) is 10.5. The summed E-state index contributed by atoms with van der Waals surface area (Å²) in [6, 6.07) is 19.1. The van der Waals surface area contributed by atoms with Crippen LogP contribution in [0.15, 0.2) is 71.6 Å². The fourth-order valence-corrected chi connectivity index (χ4v) is 4.96. The van der Waals surface area contributed by atoms with E-state index in [2.05, 4.69) is 5.32 Å². The maximum absolute atomic E-state index is 13.5. The smallest absolute Gasteiger partial charge is 0.264 e. The minimum absolute atomic E-state index is 0.110. The lowest BCUT2D eigenvalue weighted by Crippen LogP contribution is -2.41. The third-order valence-corrected chi connectivity index (χ3v) is 7.24. The summed E-state index contributed by atoms with van der Waals surface area (Å²) in [7, 11) is -2.39. The van der Waals surface area contributed by atoms with Gasteiger partial charge < -0.3 is 10.1 Å². The number of carbonyl (C=O) groups excluding carboxylic acids is 1. The third-order valence-electron chi connectivity index (χ3n) is 5.23. The number of nitrogens with zero attached hydrogens (tertiary/aromatic N) is 1. The second kappa shape index (κ2) is 10.7. The number of sulfonamides is 1. The summed E-state index contributed by atoms with van der Waals surface area (Å²) in [4.78, 5) is 12.9. The van der Waals surface area contributed by atoms with Crippen LogP contribution >= 0.6 is 11.6 Å². The summed E-state index contributed by atoms with van der Waals surface area (Å²) in [6.45, 7) is 3.68. The van der Waals surface area contributed by atoms with Gasteiger partial charge in [-0.2, -0.15) is 0 Å². The Morgan fingerprint density at radius 1 is 1.00 bits per heavy atom. The quantitative estimate of drug-likeness (QED) is 0.482. The van der Waals surface area contributed by atoms with Crippen molar-refractivity contribution in [1.29, 1.82) is 0 Å². The van der Waals surface area contributed by atoms with E-state index in [9.17, 15) is 13.2 Å². The van der Waals surface area contributed by atoms with Crippen LogP contribution in [0.4, 0.5) is 5.69 Å². The minimum Gasteiger partial charge on any atom is -0.497 e. The number of ether oxygens (including phenoxy) is 1. The van der Waals surface area contributed by atoms with Crippen LogP contribution in [-0.2, 0) is 21.2 Å². The lowest BCUT2D eigenvalue weighted by molar-refractivity contribution is -0.119. The summed E-state index contributed by atoms with van der Waals surface area (Å²) in [5, 5.41) is 3.21. The summed E-state index contributed by atoms with van der Waals surface area (Å²) in [5.41, 5.74) is 3.04. The molecular formula is C25H27ClN2O4S. The normalized spacial score (nSPS) is 11.2. The van der Waals surface area contributed by atoms with Gasteiger partial charge in [-0.25, -0.2) is 8.42 Å². The molecule has 0 fully saturated rings. The molecule has 0 heterocycles. The number of benzene rings is 3. The van der Waals surface area contributed by atoms with Crippen molar-refractivity contribution in [3.8, 4) is 5.75 Å². The number of aryl methyl sites for hydroxylation is 2. The molecule has 3 aromatic carbocycles. The van der Waals surface area contributed by atoms with E-state index in [-0.39, 0.29) is 11.4 Å². The van der Waals surface area contributed by atoms with E-state index < -0.39 is 15.9 Å². The molecule has 0 spiro atoms. The van der Waals surface area contributed by atoms with Gasteiger partial charge >= 0.3 is 0 Å². The molecule has 0 bridgehead atoms. The lowest BCUT2D eigenvalue weighted by Gasteiger charge is -2.26. The highest BCUT2D eigenvalue weighted by molar-refractivity contribution is 7.92. The van der Waals surface area contributed by atoms with Crippen LogP contribution in [0.5, 0.6) is 5.75 Å². The zero-order chi connectivity index (χ0) is 24.0. The highest BCUT2D eigenvalue weighted by atomic mass is 35.5. The molecule has 8 heteroatoms. The van der Waals surface area contributed by atoms with Gasteiger partial charge in [-0.1, -0.05) is 47.5 Å². The zero-order valence-electron chi connectivity index (χ0n) is 18.8. The molecule has 0 atom stereocenters. The summed E-state index contributed by atoms with van der Waals surface area (Å²) >= 11 is 6.16. The number of hydrogen-bond acceptors (Lipinski definition) is 4. The standard InChI is InChI=1S/C25H27ClN2O4S/c1-18-4-12-23(13-5-18)33(30,31)28(24-16-21(26)9-6-19(24)2)17-25(29)27-15-14-20-7-10-22(32-3)11-8-20/h4-13,16H,14-15,17H2,1-3H3,(H,27,29). The molecule has 0 aliphatic rings. The molecule has 0 saturated carbocycles. The molecule has 0 aromatic heterocycles. The molecule has 0 saturated heterocycles. The summed E-state index contributed by atoms with van der Waals surface area (Å²) < 4.78 is 33.2. The van der Waals surface area contributed by atoms with Crippen molar-refractivity contribution in [2.75, 3.05) is 24.5 Å². The molecular weight excluding hydrogens is 460 g/mol. The van der Waals surface area contributed by atoms with E-state index in [0.29, 0.717) is 29.2 Å². The van der Waals surface area contributed by atoms with Gasteiger partial charge in [-0.05, 0) is 67.8 Å². The van der Waals surface area contributed by atoms with Crippen molar-refractivity contribution in [3.05, 3.63) is 88.4 Å². The van der Waals surface area contributed by atoms with Gasteiger partial charge in [0.15, 0.2) is 0 Å². The first-order chi connectivity index (χ1) is 15.7. The van der Waals surface area contributed by atoms with Crippen molar-refractivity contribution in [2.45, 2.75) is 25.2 Å². The molecule has 6 nitrogen and oxygen atoms in total. The Kier molecular flexibility index (Phi) is 8.00. The molecule has 33 heavy (non-hydrogen) atoms. The molecule has 3 aromatic rings. The molecule has 0 aliphatic carbocycles. The van der Waals surface area contributed by atoms with Gasteiger partial charge in [0.1, 0.15) is 12.3 Å². The van der Waals surface area contributed by atoms with E-state index in [4.69, 9.17) is 16.3 Å². The molecule has 1 amide bonds. The molecule has 1 N–H and O–H groups in total. The predicted octanol–water partition coefficient (Wildman–Crippen LogP) is 4.52. The number of carbonyl (C=O) groups is 1. The molecule has 0 aliphatic heterocycles. The second-order valence-electron chi connectivity index (χ2n) is 7.70. The first-order valence-corrected chi connectivity index (χ1v) is 12.3. The van der Waals surface area contributed by atoms with Crippen molar-refractivity contribution >= 4 is 33.2 Å². The zero-order valence-corrected chi connectivity index (χ0v) is 20.4. The Morgan fingerprint density at radius 3 is 2.30 bits per heavy atom. The number of rotatable bonds is 9. The SMILES string of the molecule is COc1ccc(CCNC(=O)CN(c2cc(Cl)ccc2C)S(=O)(=O)c2ccc(C)cc2)cc1. The van der Waals surface area contributed by atoms with Crippen LogP contribution in [0.2, 0.25) is 5.02 Å². The molecule has 174 valence electrons. The van der Waals surface area contributed by atoms with Gasteiger partial charge in [0.2, 0.25) is 5.91 Å². The Balaban J connectivity index is 1.79. The fraction of sp³-hybridized carbons (Fsp3) is 0.240. The van der Waals surface area contributed by atoms with Crippen molar-refractivity contribution in [3.63, 3.8) is 0 Å². The number of amides is 1. The Bertz CT molecular complexity index is 1210. The molecule has 0 radical (unpaired) electrons. The molecule has 0 unspecified atom stereocenters. The van der Waals surface area contributed by atoms with E-state index in [1.54, 1.807) is 56.5 Å². The number of methoxy groups -OCH3 is 1. The number of anilines is 1. The van der Waals surface area contributed by atoms with Crippen LogP contribution in [0.25, 0.3) is 0 Å². The van der Waals surface area contributed by atoms with Gasteiger partial charge in [-0.15, -0.1) is 0 Å². The van der Waals surface area contributed by atoms with E-state index in [1.165, 1.54) is 0 Å². The maximum Gasteiger partial charge on any atom is 0.264 e. The third kappa shape index (κ3) is 6.27. The number of hydrogen-bond donors (Lipinski definition) is 1. The average molecular weight is 487 g/mol. The van der Waals surface area contributed by atoms with Gasteiger partial charge in [0, 0.05) is 11.6 Å². The fourth-order valence-electron chi connectivity index (χ4n) is 3.31. The second-order valence-corrected chi connectivity index (χ2v) is 10.0. The lowest BCUT2D eigenvalue weighted by atomic mass is 10.1. The topological polar surface area (TPSA) is 75.7 Å². The van der Waals surface area contributed by atoms with Gasteiger partial charge in [0.25, 0.3) is 10.0 Å². The largest absolute Gasteiger partial charge is 0.497 e. The monoisotopic (exact) mass is 486 g/mol. The van der Waals surface area contributed by atoms with Crippen LogP contribution < -0.4 is 14.4 Å². The molecule has 3 rings (SSSR count). The summed E-state index contributed by atoms with van der Waals surface area (Å²) in [5.74, 6) is 0.357. The van der Waals surface area contributed by atoms with E-state index in [1.807, 2.05) is 31.2 Å². The van der Waals surface area contributed by atoms with Gasteiger partial charge in [-0.3, -0.25) is 9.10 Å². The van der Waals surface area contributed by atoms with E-state index >= 15 is 0 Å². The Labute approximate surface area is 200 Å². The van der Waals surface area contributed by atoms with Crippen LogP contribution in [0.3, 0.4) is 0 Å². The van der Waals surface area contributed by atoms with Crippen molar-refractivity contribution < 1.29 is 17.9 Å². The Morgan fingerprint density at radius 2 is 1.67 bits per heavy atom. The van der Waals surface area contributed by atoms with E-state index in [0.717, 1.165) is 21.2 Å². The Hall–Kier alpha value is -3.03. The minimum atomic E-state index is -3.99. The predicted molar refractivity (Wildman–Crippen MR) is 132 cm³/mol. The van der Waals surface area contributed by atoms with Gasteiger partial charge in [0.05, 0.1) is 17.7 Å². The van der Waals surface area contributed by atoms with Crippen LogP contribution in [-0.4, -0.2) is 34.5 Å². The van der Waals surface area contributed by atoms with Crippen LogP contribution in [0.1, 0.15) is 16.7 Å². The van der Waals surface area contributed by atoms with Crippen LogP contribution in [0, 0.1) is 13.8 Å². The van der Waals surface area contributed by atoms with Crippen molar-refractivity contribution in [1.82, 2.24) is 5.32 Å².